The van der Waals surface area contributed by atoms with Crippen LogP contribution < -0.4 is 9.46 Å². The Morgan fingerprint density at radius 2 is 1.77 bits per heavy atom. The summed E-state index contributed by atoms with van der Waals surface area (Å²) in [5, 5.41) is 10.6. The number of sulfonamides is 1. The van der Waals surface area contributed by atoms with Gasteiger partial charge in [0.2, 0.25) is 0 Å². The first kappa shape index (κ1) is 15.4. The lowest BCUT2D eigenvalue weighted by atomic mass is 10.3. The van der Waals surface area contributed by atoms with Crippen LogP contribution in [0.5, 0.6) is 5.75 Å². The third-order valence-electron chi connectivity index (χ3n) is 2.51. The minimum absolute atomic E-state index is 0.106. The first-order valence-electron chi connectivity index (χ1n) is 5.92. The molecule has 2 rings (SSSR count). The number of benzene rings is 2. The Bertz CT molecular complexity index is 804. The molecule has 0 aliphatic heterocycles. The molecule has 1 N–H and O–H groups in total. The van der Waals surface area contributed by atoms with Crippen LogP contribution in [0.2, 0.25) is 0 Å². The summed E-state index contributed by atoms with van der Waals surface area (Å²) in [7, 11) is -4.06. The molecule has 0 aromatic heterocycles. The van der Waals surface area contributed by atoms with E-state index in [9.17, 15) is 23.3 Å². The minimum atomic E-state index is -4.06. The maximum Gasteiger partial charge on any atom is 0.426 e. The number of carbonyl (C=O) groups is 1. The average molecular weight is 322 g/mol. The number of carbonyl (C=O) groups excluding carboxylic acids is 1. The first-order chi connectivity index (χ1) is 10.4. The van der Waals surface area contributed by atoms with E-state index >= 15 is 0 Å². The van der Waals surface area contributed by atoms with Gasteiger partial charge >= 0.3 is 6.09 Å². The second-order valence-electron chi connectivity index (χ2n) is 4.06. The van der Waals surface area contributed by atoms with E-state index in [0.717, 1.165) is 6.07 Å². The normalized spacial score (nSPS) is 10.7. The summed E-state index contributed by atoms with van der Waals surface area (Å²) in [6.07, 6.45) is -1.26. The molecule has 0 aliphatic rings. The molecule has 2 aromatic rings. The van der Waals surface area contributed by atoms with Crippen LogP contribution >= 0.6 is 0 Å². The third-order valence-corrected chi connectivity index (χ3v) is 3.84. The molecular formula is C13H10N2O6S. The molecule has 22 heavy (non-hydrogen) atoms. The van der Waals surface area contributed by atoms with E-state index in [0.29, 0.717) is 0 Å². The maximum atomic E-state index is 11.9. The van der Waals surface area contributed by atoms with E-state index in [4.69, 9.17) is 4.74 Å². The summed E-state index contributed by atoms with van der Waals surface area (Å²) in [5.74, 6) is -0.144. The fourth-order valence-electron chi connectivity index (χ4n) is 1.56. The van der Waals surface area contributed by atoms with Crippen LogP contribution in [-0.2, 0) is 10.0 Å². The third kappa shape index (κ3) is 3.79. The van der Waals surface area contributed by atoms with E-state index in [1.165, 1.54) is 42.5 Å². The van der Waals surface area contributed by atoms with Crippen molar-refractivity contribution in [1.29, 1.82) is 0 Å². The smallest absolute Gasteiger partial charge is 0.409 e. The molecule has 0 aliphatic carbocycles. The van der Waals surface area contributed by atoms with Crippen molar-refractivity contribution in [2.45, 2.75) is 4.90 Å². The molecule has 0 heterocycles. The Labute approximate surface area is 125 Å². The van der Waals surface area contributed by atoms with E-state index < -0.39 is 21.0 Å². The lowest BCUT2D eigenvalue weighted by molar-refractivity contribution is -0.384. The molecule has 8 nitrogen and oxygen atoms in total. The monoisotopic (exact) mass is 322 g/mol. The van der Waals surface area contributed by atoms with Gasteiger partial charge < -0.3 is 4.74 Å². The fourth-order valence-corrected chi connectivity index (χ4v) is 2.45. The maximum absolute atomic E-state index is 11.9. The molecule has 0 saturated heterocycles. The SMILES string of the molecule is O=C(NS(=O)(=O)c1ccccc1)Oc1cccc([N+](=O)[O-])c1. The van der Waals surface area contributed by atoms with Crippen molar-refractivity contribution in [2.24, 2.45) is 0 Å². The van der Waals surface area contributed by atoms with Crippen LogP contribution in [0.1, 0.15) is 0 Å². The topological polar surface area (TPSA) is 116 Å². The van der Waals surface area contributed by atoms with Crippen molar-refractivity contribution in [3.05, 3.63) is 64.7 Å². The van der Waals surface area contributed by atoms with Gasteiger partial charge in [-0.3, -0.25) is 10.1 Å². The van der Waals surface area contributed by atoms with Crippen LogP contribution in [-0.4, -0.2) is 19.4 Å². The zero-order chi connectivity index (χ0) is 16.2. The average Bonchev–Trinajstić information content (AvgIpc) is 2.47. The van der Waals surface area contributed by atoms with Crippen molar-refractivity contribution < 1.29 is 22.9 Å². The van der Waals surface area contributed by atoms with E-state index in [1.54, 1.807) is 10.8 Å². The molecule has 9 heteroatoms. The summed E-state index contributed by atoms with van der Waals surface area (Å²) in [6.45, 7) is 0. The zero-order valence-corrected chi connectivity index (χ0v) is 11.8. The lowest BCUT2D eigenvalue weighted by Gasteiger charge is -2.07. The summed E-state index contributed by atoms with van der Waals surface area (Å²) in [5.41, 5.74) is -0.281. The molecule has 0 atom stereocenters. The molecular weight excluding hydrogens is 312 g/mol. The second-order valence-corrected chi connectivity index (χ2v) is 5.74. The van der Waals surface area contributed by atoms with Crippen LogP contribution in [0.15, 0.2) is 59.5 Å². The quantitative estimate of drug-likeness (QED) is 0.680. The first-order valence-corrected chi connectivity index (χ1v) is 7.41. The minimum Gasteiger partial charge on any atom is -0.409 e. The molecule has 0 saturated carbocycles. The summed E-state index contributed by atoms with van der Waals surface area (Å²) in [6, 6.07) is 12.1. The predicted molar refractivity (Wildman–Crippen MR) is 75.9 cm³/mol. The number of amides is 1. The highest BCUT2D eigenvalue weighted by Gasteiger charge is 2.19. The van der Waals surface area contributed by atoms with Gasteiger partial charge in [0, 0.05) is 6.07 Å². The van der Waals surface area contributed by atoms with Gasteiger partial charge in [0.25, 0.3) is 15.7 Å². The molecule has 0 spiro atoms. The van der Waals surface area contributed by atoms with Gasteiger partial charge in [0.15, 0.2) is 0 Å². The number of nitrogens with one attached hydrogen (secondary N) is 1. The van der Waals surface area contributed by atoms with Gasteiger partial charge in [0.1, 0.15) is 5.75 Å². The highest BCUT2D eigenvalue weighted by molar-refractivity contribution is 7.90. The van der Waals surface area contributed by atoms with Gasteiger partial charge in [-0.15, -0.1) is 0 Å². The van der Waals surface area contributed by atoms with E-state index in [-0.39, 0.29) is 16.3 Å². The molecule has 1 amide bonds. The number of nitrogens with zero attached hydrogens (tertiary/aromatic N) is 1. The number of hydrogen-bond acceptors (Lipinski definition) is 6. The largest absolute Gasteiger partial charge is 0.426 e. The Morgan fingerprint density at radius 3 is 2.41 bits per heavy atom. The van der Waals surface area contributed by atoms with Gasteiger partial charge in [-0.05, 0) is 18.2 Å². The standard InChI is InChI=1S/C13H10N2O6S/c16-13(14-22(19,20)12-7-2-1-3-8-12)21-11-6-4-5-10(9-11)15(17)18/h1-9H,(H,14,16). The number of rotatable bonds is 4. The van der Waals surface area contributed by atoms with Crippen LogP contribution in [0, 0.1) is 10.1 Å². The van der Waals surface area contributed by atoms with Crippen molar-refractivity contribution in [1.82, 2.24) is 4.72 Å². The van der Waals surface area contributed by atoms with E-state index in [2.05, 4.69) is 0 Å². The fraction of sp³-hybridized carbons (Fsp3) is 0. The molecule has 0 radical (unpaired) electrons. The van der Waals surface area contributed by atoms with Crippen LogP contribution in [0.3, 0.4) is 0 Å². The number of nitro benzene ring substituents is 1. The van der Waals surface area contributed by atoms with Gasteiger partial charge in [-0.2, -0.15) is 0 Å². The molecule has 0 unspecified atom stereocenters. The predicted octanol–water partition coefficient (Wildman–Crippen LogP) is 2.07. The Balaban J connectivity index is 2.10. The highest BCUT2D eigenvalue weighted by atomic mass is 32.2. The van der Waals surface area contributed by atoms with Crippen molar-refractivity contribution in [3.63, 3.8) is 0 Å². The van der Waals surface area contributed by atoms with Gasteiger partial charge in [-0.1, -0.05) is 24.3 Å². The van der Waals surface area contributed by atoms with Crippen LogP contribution in [0.25, 0.3) is 0 Å². The summed E-state index contributed by atoms with van der Waals surface area (Å²) in [4.78, 5) is 21.4. The molecule has 2 aromatic carbocycles. The number of hydrogen-bond donors (Lipinski definition) is 1. The Hall–Kier alpha value is -2.94. The van der Waals surface area contributed by atoms with Gasteiger partial charge in [0.05, 0.1) is 15.9 Å². The molecule has 114 valence electrons. The van der Waals surface area contributed by atoms with Crippen LogP contribution in [0.4, 0.5) is 10.5 Å². The number of non-ortho nitro benzene ring substituents is 1. The highest BCUT2D eigenvalue weighted by Crippen LogP contribution is 2.19. The Kier molecular flexibility index (Phi) is 4.37. The van der Waals surface area contributed by atoms with E-state index in [1.807, 2.05) is 0 Å². The van der Waals surface area contributed by atoms with Crippen molar-refractivity contribution in [3.8, 4) is 5.75 Å². The summed E-state index contributed by atoms with van der Waals surface area (Å²) < 4.78 is 30.2. The van der Waals surface area contributed by atoms with Crippen molar-refractivity contribution in [2.75, 3.05) is 0 Å². The zero-order valence-electron chi connectivity index (χ0n) is 11.0. The second kappa shape index (κ2) is 6.22. The number of nitro groups is 1. The van der Waals surface area contributed by atoms with Crippen molar-refractivity contribution >= 4 is 21.8 Å². The molecule has 0 bridgehead atoms. The summed E-state index contributed by atoms with van der Waals surface area (Å²) >= 11 is 0. The van der Waals surface area contributed by atoms with Gasteiger partial charge in [-0.25, -0.2) is 17.9 Å². The number of ether oxygens (including phenoxy) is 1. The Morgan fingerprint density at radius 1 is 1.09 bits per heavy atom. The lowest BCUT2D eigenvalue weighted by Crippen LogP contribution is -2.33. The molecule has 0 fully saturated rings.